The number of piperidine rings is 1. The average Bonchev–Trinajstić information content (AvgIpc) is 2.38. The molecule has 0 unspecified atom stereocenters. The molecule has 1 fully saturated rings. The fraction of sp³-hybridized carbons (Fsp3) is 0.429. The Morgan fingerprint density at radius 1 is 1.24 bits per heavy atom. The van der Waals surface area contributed by atoms with Gasteiger partial charge in [-0.1, -0.05) is 36.4 Å². The molecule has 2 N–H and O–H groups in total. The van der Waals surface area contributed by atoms with E-state index in [1.54, 1.807) is 0 Å². The van der Waals surface area contributed by atoms with E-state index in [2.05, 4.69) is 5.32 Å². The molecular formula is C14H18ClNO. The van der Waals surface area contributed by atoms with Crippen LogP contribution in [-0.4, -0.2) is 24.1 Å². The van der Waals surface area contributed by atoms with Crippen LogP contribution in [0.3, 0.4) is 0 Å². The number of hydrogen-bond acceptors (Lipinski definition) is 2. The molecule has 2 nitrogen and oxygen atoms in total. The lowest BCUT2D eigenvalue weighted by atomic mass is 9.85. The molecule has 0 aliphatic carbocycles. The van der Waals surface area contributed by atoms with Crippen LogP contribution in [0.5, 0.6) is 0 Å². The second-order valence-corrected chi connectivity index (χ2v) is 4.77. The van der Waals surface area contributed by atoms with Crippen molar-refractivity contribution in [1.82, 2.24) is 5.32 Å². The van der Waals surface area contributed by atoms with Crippen LogP contribution in [0.2, 0.25) is 0 Å². The minimum Gasteiger partial charge on any atom is -0.385 e. The molecule has 0 saturated carbocycles. The van der Waals surface area contributed by atoms with Gasteiger partial charge >= 0.3 is 0 Å². The summed E-state index contributed by atoms with van der Waals surface area (Å²) in [5, 5.41) is 13.8. The summed E-state index contributed by atoms with van der Waals surface area (Å²) in [4.78, 5) is 0. The van der Waals surface area contributed by atoms with Gasteiger partial charge in [-0.05, 0) is 37.1 Å². The SMILES string of the molecule is OC1(c2ccc(C=CCCl)cc2)CCNCC1. The first kappa shape index (κ1) is 12.6. The van der Waals surface area contributed by atoms with Crippen molar-refractivity contribution in [1.29, 1.82) is 0 Å². The summed E-state index contributed by atoms with van der Waals surface area (Å²) in [5.74, 6) is 0.525. The summed E-state index contributed by atoms with van der Waals surface area (Å²) in [6.45, 7) is 1.76. The van der Waals surface area contributed by atoms with E-state index in [-0.39, 0.29) is 0 Å². The zero-order valence-electron chi connectivity index (χ0n) is 9.82. The molecule has 1 aromatic carbocycles. The van der Waals surface area contributed by atoms with Crippen LogP contribution in [0, 0.1) is 0 Å². The molecule has 0 bridgehead atoms. The van der Waals surface area contributed by atoms with Gasteiger partial charge in [0, 0.05) is 5.88 Å². The molecule has 0 amide bonds. The van der Waals surface area contributed by atoms with Crippen LogP contribution >= 0.6 is 11.6 Å². The monoisotopic (exact) mass is 251 g/mol. The predicted molar refractivity (Wildman–Crippen MR) is 72.2 cm³/mol. The lowest BCUT2D eigenvalue weighted by molar-refractivity contribution is 0.00594. The van der Waals surface area contributed by atoms with E-state index < -0.39 is 5.60 Å². The van der Waals surface area contributed by atoms with Crippen molar-refractivity contribution in [3.05, 3.63) is 41.5 Å². The first-order chi connectivity index (χ1) is 8.24. The lowest BCUT2D eigenvalue weighted by Crippen LogP contribution is -2.39. The van der Waals surface area contributed by atoms with E-state index in [0.717, 1.165) is 37.1 Å². The summed E-state index contributed by atoms with van der Waals surface area (Å²) in [6.07, 6.45) is 5.47. The van der Waals surface area contributed by atoms with E-state index in [4.69, 9.17) is 11.6 Å². The minimum absolute atomic E-state index is 0.525. The summed E-state index contributed by atoms with van der Waals surface area (Å²) < 4.78 is 0. The molecule has 0 radical (unpaired) electrons. The third-order valence-electron chi connectivity index (χ3n) is 3.28. The lowest BCUT2D eigenvalue weighted by Gasteiger charge is -2.33. The fourth-order valence-corrected chi connectivity index (χ4v) is 2.30. The van der Waals surface area contributed by atoms with Crippen molar-refractivity contribution in [2.75, 3.05) is 19.0 Å². The molecule has 3 heteroatoms. The van der Waals surface area contributed by atoms with Crippen molar-refractivity contribution in [2.24, 2.45) is 0 Å². The Morgan fingerprint density at radius 2 is 1.88 bits per heavy atom. The topological polar surface area (TPSA) is 32.3 Å². The number of nitrogens with one attached hydrogen (secondary N) is 1. The van der Waals surface area contributed by atoms with Crippen molar-refractivity contribution >= 4 is 17.7 Å². The number of halogens is 1. The van der Waals surface area contributed by atoms with E-state index in [0.29, 0.717) is 5.88 Å². The van der Waals surface area contributed by atoms with Crippen LogP contribution in [0.15, 0.2) is 30.3 Å². The largest absolute Gasteiger partial charge is 0.385 e. The van der Waals surface area contributed by atoms with Crippen LogP contribution in [0.1, 0.15) is 24.0 Å². The van der Waals surface area contributed by atoms with Crippen molar-refractivity contribution in [3.63, 3.8) is 0 Å². The van der Waals surface area contributed by atoms with Gasteiger partial charge in [-0.2, -0.15) is 0 Å². The highest BCUT2D eigenvalue weighted by atomic mass is 35.5. The van der Waals surface area contributed by atoms with E-state index >= 15 is 0 Å². The Morgan fingerprint density at radius 3 is 2.47 bits per heavy atom. The summed E-state index contributed by atoms with van der Waals surface area (Å²) in [5.41, 5.74) is 1.48. The summed E-state index contributed by atoms with van der Waals surface area (Å²) >= 11 is 5.59. The quantitative estimate of drug-likeness (QED) is 0.810. The van der Waals surface area contributed by atoms with Gasteiger partial charge in [0.25, 0.3) is 0 Å². The maximum absolute atomic E-state index is 10.5. The number of hydrogen-bond donors (Lipinski definition) is 2. The molecule has 0 atom stereocenters. The highest BCUT2D eigenvalue weighted by molar-refractivity contribution is 6.19. The standard InChI is InChI=1S/C14H18ClNO/c15-9-1-2-12-3-5-13(6-4-12)14(17)7-10-16-11-8-14/h1-6,16-17H,7-11H2. The highest BCUT2D eigenvalue weighted by Gasteiger charge is 2.30. The van der Waals surface area contributed by atoms with Gasteiger partial charge in [-0.25, -0.2) is 0 Å². The van der Waals surface area contributed by atoms with Crippen LogP contribution in [0.25, 0.3) is 6.08 Å². The molecule has 0 aromatic heterocycles. The Bertz CT molecular complexity index is 380. The Hall–Kier alpha value is -0.830. The van der Waals surface area contributed by atoms with Crippen molar-refractivity contribution < 1.29 is 5.11 Å². The van der Waals surface area contributed by atoms with Gasteiger partial charge in [-0.3, -0.25) is 0 Å². The smallest absolute Gasteiger partial charge is 0.0920 e. The van der Waals surface area contributed by atoms with E-state index in [1.807, 2.05) is 36.4 Å². The Labute approximate surface area is 107 Å². The highest BCUT2D eigenvalue weighted by Crippen LogP contribution is 2.30. The number of benzene rings is 1. The van der Waals surface area contributed by atoms with Gasteiger partial charge in [-0.15, -0.1) is 11.6 Å². The molecule has 92 valence electrons. The molecule has 1 aromatic rings. The summed E-state index contributed by atoms with van der Waals surface area (Å²) in [6, 6.07) is 8.08. The molecule has 1 heterocycles. The number of aliphatic hydroxyl groups is 1. The Kier molecular flexibility index (Phi) is 4.21. The molecule has 17 heavy (non-hydrogen) atoms. The minimum atomic E-state index is -0.653. The fourth-order valence-electron chi connectivity index (χ4n) is 2.21. The van der Waals surface area contributed by atoms with Gasteiger partial charge < -0.3 is 10.4 Å². The van der Waals surface area contributed by atoms with Crippen molar-refractivity contribution in [2.45, 2.75) is 18.4 Å². The zero-order chi connectivity index (χ0) is 12.1. The van der Waals surface area contributed by atoms with E-state index in [9.17, 15) is 5.11 Å². The first-order valence-corrected chi connectivity index (χ1v) is 6.54. The second-order valence-electron chi connectivity index (χ2n) is 4.46. The molecule has 0 spiro atoms. The first-order valence-electron chi connectivity index (χ1n) is 6.01. The van der Waals surface area contributed by atoms with Gasteiger partial charge in [0.15, 0.2) is 0 Å². The normalized spacial score (nSPS) is 19.6. The predicted octanol–water partition coefficient (Wildman–Crippen LogP) is 2.51. The summed E-state index contributed by atoms with van der Waals surface area (Å²) in [7, 11) is 0. The van der Waals surface area contributed by atoms with Gasteiger partial charge in [0.05, 0.1) is 5.60 Å². The number of allylic oxidation sites excluding steroid dienone is 1. The second kappa shape index (κ2) is 5.67. The van der Waals surface area contributed by atoms with Gasteiger partial charge in [0.2, 0.25) is 0 Å². The number of alkyl halides is 1. The maximum atomic E-state index is 10.5. The Balaban J connectivity index is 2.14. The molecular weight excluding hydrogens is 234 g/mol. The third kappa shape index (κ3) is 3.09. The van der Waals surface area contributed by atoms with Crippen molar-refractivity contribution in [3.8, 4) is 0 Å². The molecule has 1 aliphatic heterocycles. The molecule has 1 aliphatic rings. The average molecular weight is 252 g/mol. The number of rotatable bonds is 3. The zero-order valence-corrected chi connectivity index (χ0v) is 10.6. The van der Waals surface area contributed by atoms with Gasteiger partial charge in [0.1, 0.15) is 0 Å². The van der Waals surface area contributed by atoms with Crippen LogP contribution in [-0.2, 0) is 5.60 Å². The third-order valence-corrected chi connectivity index (χ3v) is 3.46. The van der Waals surface area contributed by atoms with E-state index in [1.165, 1.54) is 0 Å². The maximum Gasteiger partial charge on any atom is 0.0920 e. The van der Waals surface area contributed by atoms with Crippen LogP contribution in [0.4, 0.5) is 0 Å². The molecule has 2 rings (SSSR count). The molecule has 1 saturated heterocycles. The van der Waals surface area contributed by atoms with Crippen LogP contribution < -0.4 is 5.32 Å².